The fourth-order valence-electron chi connectivity index (χ4n) is 1.70. The van der Waals surface area contributed by atoms with E-state index in [1.165, 1.54) is 0 Å². The van der Waals surface area contributed by atoms with Crippen molar-refractivity contribution in [1.82, 2.24) is 0 Å². The van der Waals surface area contributed by atoms with E-state index < -0.39 is 6.10 Å². The smallest absolute Gasteiger partial charge is 0.118 e. The second-order valence-corrected chi connectivity index (χ2v) is 6.32. The number of aliphatic hydroxyl groups excluding tert-OH is 1. The van der Waals surface area contributed by atoms with Crippen LogP contribution in [0.2, 0.25) is 0 Å². The molecule has 19 heavy (non-hydrogen) atoms. The van der Waals surface area contributed by atoms with Gasteiger partial charge < -0.3 is 9.52 Å². The molecule has 0 aromatic carbocycles. The number of aryl methyl sites for hydroxylation is 1. The second kappa shape index (κ2) is 8.63. The summed E-state index contributed by atoms with van der Waals surface area (Å²) in [5.74, 6) is 4.15. The van der Waals surface area contributed by atoms with E-state index in [4.69, 9.17) is 10.8 Å². The maximum Gasteiger partial charge on any atom is 0.118 e. The lowest BCUT2D eigenvalue weighted by Crippen LogP contribution is -2.21. The molecule has 0 radical (unpaired) electrons. The molecule has 0 fully saturated rings. The Balaban J connectivity index is 2.58. The first kappa shape index (κ1) is 16.6. The van der Waals surface area contributed by atoms with Gasteiger partial charge in [-0.1, -0.05) is 34.9 Å². The van der Waals surface area contributed by atoms with Crippen LogP contribution in [-0.4, -0.2) is 16.0 Å². The van der Waals surface area contributed by atoms with Crippen LogP contribution in [0.3, 0.4) is 0 Å². The van der Waals surface area contributed by atoms with E-state index in [1.807, 2.05) is 19.1 Å². The highest BCUT2D eigenvalue weighted by atomic mass is 79.9. The number of hydrogen-bond acceptors (Lipinski definition) is 2. The van der Waals surface area contributed by atoms with Crippen molar-refractivity contribution in [2.24, 2.45) is 0 Å². The predicted octanol–water partition coefficient (Wildman–Crippen LogP) is 4.24. The Labute approximate surface area is 131 Å². The minimum atomic E-state index is -0.433. The number of allylic oxidation sites excluding steroid dienone is 2. The van der Waals surface area contributed by atoms with Crippen LogP contribution in [0.5, 0.6) is 0 Å². The number of hydrogen-bond donors (Lipinski definition) is 1. The van der Waals surface area contributed by atoms with Gasteiger partial charge in [0, 0.05) is 17.7 Å². The lowest BCUT2D eigenvalue weighted by atomic mass is 10.1. The molecule has 2 nitrogen and oxygen atoms in total. The standard InChI is InChI=1S/C15H18Br2O2/c1-3-5-6-7-8-15-13(17)9-11(19-15)10-14(18)12(16)4-2/h1,5-6,9,12,14,18H,4,7-8,10H2,2H3/b6-5+. The summed E-state index contributed by atoms with van der Waals surface area (Å²) in [6.07, 6.45) is 11.4. The molecule has 1 N–H and O–H groups in total. The van der Waals surface area contributed by atoms with Gasteiger partial charge in [-0.25, -0.2) is 0 Å². The molecule has 0 aliphatic rings. The third-order valence-corrected chi connectivity index (χ3v) is 4.71. The molecule has 0 bridgehead atoms. The minimum Gasteiger partial charge on any atom is -0.465 e. The molecule has 0 amide bonds. The molecule has 0 saturated carbocycles. The summed E-state index contributed by atoms with van der Waals surface area (Å²) < 4.78 is 6.70. The van der Waals surface area contributed by atoms with Gasteiger partial charge in [-0.15, -0.1) is 6.42 Å². The van der Waals surface area contributed by atoms with Crippen molar-refractivity contribution in [2.75, 3.05) is 0 Å². The average molecular weight is 390 g/mol. The summed E-state index contributed by atoms with van der Waals surface area (Å²) in [6.45, 7) is 2.03. The molecule has 2 atom stereocenters. The summed E-state index contributed by atoms with van der Waals surface area (Å²) in [6, 6.07) is 1.93. The number of furan rings is 1. The molecule has 4 heteroatoms. The maximum absolute atomic E-state index is 9.96. The lowest BCUT2D eigenvalue weighted by Gasteiger charge is -2.13. The zero-order chi connectivity index (χ0) is 14.3. The van der Waals surface area contributed by atoms with Gasteiger partial charge >= 0.3 is 0 Å². The van der Waals surface area contributed by atoms with Gasteiger partial charge in [-0.3, -0.25) is 0 Å². The number of alkyl halides is 1. The van der Waals surface area contributed by atoms with Crippen molar-refractivity contribution in [3.8, 4) is 12.3 Å². The third-order valence-electron chi connectivity index (χ3n) is 2.78. The summed E-state index contributed by atoms with van der Waals surface area (Å²) >= 11 is 6.93. The minimum absolute atomic E-state index is 0.0957. The van der Waals surface area contributed by atoms with Crippen LogP contribution in [0.4, 0.5) is 0 Å². The molecule has 0 saturated heterocycles. The Morgan fingerprint density at radius 2 is 2.32 bits per heavy atom. The van der Waals surface area contributed by atoms with Crippen molar-refractivity contribution in [2.45, 2.75) is 43.5 Å². The monoisotopic (exact) mass is 388 g/mol. The first-order valence-corrected chi connectivity index (χ1v) is 7.99. The zero-order valence-electron chi connectivity index (χ0n) is 10.9. The molecule has 1 aromatic rings. The summed E-state index contributed by atoms with van der Waals surface area (Å²) in [4.78, 5) is 0.0957. The quantitative estimate of drug-likeness (QED) is 0.558. The van der Waals surface area contributed by atoms with Crippen molar-refractivity contribution >= 4 is 31.9 Å². The number of aliphatic hydroxyl groups is 1. The van der Waals surface area contributed by atoms with Gasteiger partial charge in [0.15, 0.2) is 0 Å². The molecular formula is C15H18Br2O2. The van der Waals surface area contributed by atoms with E-state index in [-0.39, 0.29) is 4.83 Å². The average Bonchev–Trinajstić information content (AvgIpc) is 2.74. The fraction of sp³-hybridized carbons (Fsp3) is 0.467. The highest BCUT2D eigenvalue weighted by molar-refractivity contribution is 9.10. The summed E-state index contributed by atoms with van der Waals surface area (Å²) in [5.41, 5.74) is 0. The largest absolute Gasteiger partial charge is 0.465 e. The van der Waals surface area contributed by atoms with Crippen LogP contribution in [0.1, 0.15) is 31.3 Å². The summed E-state index contributed by atoms with van der Waals surface area (Å²) in [7, 11) is 0. The van der Waals surface area contributed by atoms with Gasteiger partial charge in [0.25, 0.3) is 0 Å². The summed E-state index contributed by atoms with van der Waals surface area (Å²) in [5, 5.41) is 9.96. The highest BCUT2D eigenvalue weighted by Gasteiger charge is 2.17. The first-order valence-electron chi connectivity index (χ1n) is 6.28. The van der Waals surface area contributed by atoms with Gasteiger partial charge in [-0.2, -0.15) is 0 Å². The van der Waals surface area contributed by atoms with Gasteiger partial charge in [-0.05, 0) is 40.9 Å². The van der Waals surface area contributed by atoms with E-state index in [0.717, 1.165) is 35.3 Å². The van der Waals surface area contributed by atoms with Crippen LogP contribution in [0, 0.1) is 12.3 Å². The van der Waals surface area contributed by atoms with Gasteiger partial charge in [0.1, 0.15) is 11.5 Å². The molecule has 1 aromatic heterocycles. The Morgan fingerprint density at radius 1 is 1.58 bits per heavy atom. The highest BCUT2D eigenvalue weighted by Crippen LogP contribution is 2.25. The molecule has 2 unspecified atom stereocenters. The van der Waals surface area contributed by atoms with E-state index in [1.54, 1.807) is 6.08 Å². The number of rotatable bonds is 7. The predicted molar refractivity (Wildman–Crippen MR) is 85.4 cm³/mol. The SMILES string of the molecule is C#C/C=C/CCc1oc(CC(O)C(Br)CC)cc1Br. The number of terminal acetylenes is 1. The Morgan fingerprint density at radius 3 is 2.95 bits per heavy atom. The molecule has 0 aliphatic heterocycles. The third kappa shape index (κ3) is 5.56. The van der Waals surface area contributed by atoms with Crippen LogP contribution < -0.4 is 0 Å². The van der Waals surface area contributed by atoms with Crippen LogP contribution in [0.15, 0.2) is 27.1 Å². The second-order valence-electron chi connectivity index (χ2n) is 4.29. The van der Waals surface area contributed by atoms with Crippen LogP contribution >= 0.6 is 31.9 Å². The van der Waals surface area contributed by atoms with Crippen molar-refractivity contribution in [3.63, 3.8) is 0 Å². The molecular weight excluding hydrogens is 372 g/mol. The lowest BCUT2D eigenvalue weighted by molar-refractivity contribution is 0.164. The molecule has 0 aliphatic carbocycles. The van der Waals surface area contributed by atoms with Crippen molar-refractivity contribution < 1.29 is 9.52 Å². The molecule has 1 rings (SSSR count). The van der Waals surface area contributed by atoms with Crippen molar-refractivity contribution in [1.29, 1.82) is 0 Å². The zero-order valence-corrected chi connectivity index (χ0v) is 14.1. The fourth-order valence-corrected chi connectivity index (χ4v) is 2.42. The normalized spacial score (nSPS) is 14.5. The van der Waals surface area contributed by atoms with Crippen LogP contribution in [0.25, 0.3) is 0 Å². The van der Waals surface area contributed by atoms with Gasteiger partial charge in [0.2, 0.25) is 0 Å². The Hall–Kier alpha value is -0.500. The van der Waals surface area contributed by atoms with Crippen LogP contribution in [-0.2, 0) is 12.8 Å². The topological polar surface area (TPSA) is 33.4 Å². The van der Waals surface area contributed by atoms with Crippen molar-refractivity contribution in [3.05, 3.63) is 34.2 Å². The number of halogens is 2. The van der Waals surface area contributed by atoms with E-state index >= 15 is 0 Å². The van der Waals surface area contributed by atoms with E-state index in [9.17, 15) is 5.11 Å². The Bertz CT molecular complexity index is 457. The Kier molecular flexibility index (Phi) is 7.52. The first-order chi connectivity index (χ1) is 9.08. The van der Waals surface area contributed by atoms with E-state index in [2.05, 4.69) is 37.8 Å². The van der Waals surface area contributed by atoms with E-state index in [0.29, 0.717) is 6.42 Å². The molecule has 1 heterocycles. The maximum atomic E-state index is 9.96. The van der Waals surface area contributed by atoms with Gasteiger partial charge in [0.05, 0.1) is 10.6 Å². The molecule has 104 valence electrons. The molecule has 0 spiro atoms.